The van der Waals surface area contributed by atoms with E-state index in [1.165, 1.54) is 0 Å². The van der Waals surface area contributed by atoms with E-state index in [1.807, 2.05) is 0 Å². The average molecular weight is 428 g/mol. The third-order valence-electron chi connectivity index (χ3n) is 5.23. The molecule has 1 amide bonds. The number of halogens is 2. The van der Waals surface area contributed by atoms with Gasteiger partial charge in [0.25, 0.3) is 5.91 Å². The van der Waals surface area contributed by atoms with Crippen LogP contribution in [-0.4, -0.2) is 37.4 Å². The minimum atomic E-state index is -0.854. The first-order valence-corrected chi connectivity index (χ1v) is 9.97. The van der Waals surface area contributed by atoms with Gasteiger partial charge in [-0.25, -0.2) is 4.79 Å². The summed E-state index contributed by atoms with van der Waals surface area (Å²) in [5.74, 6) is -0.103. The van der Waals surface area contributed by atoms with E-state index >= 15 is 0 Å². The van der Waals surface area contributed by atoms with Crippen LogP contribution in [0.2, 0.25) is 10.0 Å². The van der Waals surface area contributed by atoms with E-state index in [9.17, 15) is 9.59 Å². The standard InChI is InChI=1S/C20H23Cl2NO5/c1-4-27-19(25)28-17-16(15-11(2)8-12(21)9-14(15)22)18(24)23-20(17)7-5-6-13(10-20)26-3/h8-9,13H,4-7,10H2,1-3H3,(H,23,24). The normalized spacial score (nSPS) is 24.5. The Kier molecular flexibility index (Phi) is 6.22. The van der Waals surface area contributed by atoms with E-state index < -0.39 is 11.7 Å². The van der Waals surface area contributed by atoms with Crippen molar-refractivity contribution in [2.75, 3.05) is 13.7 Å². The lowest BCUT2D eigenvalue weighted by molar-refractivity contribution is -0.117. The van der Waals surface area contributed by atoms with Crippen molar-refractivity contribution in [3.05, 3.63) is 39.1 Å². The number of carbonyl (C=O) groups excluding carboxylic acids is 2. The highest BCUT2D eigenvalue weighted by molar-refractivity contribution is 6.38. The second-order valence-electron chi connectivity index (χ2n) is 7.06. The Labute approximate surface area is 174 Å². The van der Waals surface area contributed by atoms with Crippen molar-refractivity contribution in [1.29, 1.82) is 0 Å². The zero-order chi connectivity index (χ0) is 20.5. The third-order valence-corrected chi connectivity index (χ3v) is 5.75. The molecule has 1 aliphatic heterocycles. The predicted octanol–water partition coefficient (Wildman–Crippen LogP) is 4.64. The summed E-state index contributed by atoms with van der Waals surface area (Å²) in [6.07, 6.45) is 1.90. The fourth-order valence-electron chi connectivity index (χ4n) is 4.05. The molecule has 0 radical (unpaired) electrons. The maximum Gasteiger partial charge on any atom is 0.513 e. The molecule has 1 saturated carbocycles. The monoisotopic (exact) mass is 427 g/mol. The van der Waals surface area contributed by atoms with Crippen LogP contribution in [0.4, 0.5) is 4.79 Å². The van der Waals surface area contributed by atoms with Crippen molar-refractivity contribution in [2.45, 2.75) is 51.2 Å². The quantitative estimate of drug-likeness (QED) is 0.708. The molecule has 152 valence electrons. The fraction of sp³-hybridized carbons (Fsp3) is 0.500. The number of aryl methyl sites for hydroxylation is 1. The summed E-state index contributed by atoms with van der Waals surface area (Å²) in [7, 11) is 1.64. The van der Waals surface area contributed by atoms with Gasteiger partial charge in [0.1, 0.15) is 5.54 Å². The van der Waals surface area contributed by atoms with Crippen molar-refractivity contribution >= 4 is 40.8 Å². The van der Waals surface area contributed by atoms with Gasteiger partial charge < -0.3 is 19.5 Å². The zero-order valence-corrected chi connectivity index (χ0v) is 17.6. The van der Waals surface area contributed by atoms with E-state index in [-0.39, 0.29) is 30.0 Å². The van der Waals surface area contributed by atoms with Crippen LogP contribution in [0.1, 0.15) is 43.7 Å². The number of methoxy groups -OCH3 is 1. The van der Waals surface area contributed by atoms with Gasteiger partial charge in [-0.15, -0.1) is 0 Å². The second-order valence-corrected chi connectivity index (χ2v) is 7.90. The number of benzene rings is 1. The SMILES string of the molecule is CCOC(=O)OC1=C(c2c(C)cc(Cl)cc2Cl)C(=O)NC12CCCC(OC)C2. The summed E-state index contributed by atoms with van der Waals surface area (Å²) < 4.78 is 16.1. The summed E-state index contributed by atoms with van der Waals surface area (Å²) in [6.45, 7) is 3.66. The Morgan fingerprint density at radius 2 is 2.11 bits per heavy atom. The number of carbonyl (C=O) groups is 2. The van der Waals surface area contributed by atoms with E-state index in [0.29, 0.717) is 34.0 Å². The third kappa shape index (κ3) is 3.86. The van der Waals surface area contributed by atoms with Gasteiger partial charge in [-0.2, -0.15) is 0 Å². The van der Waals surface area contributed by atoms with Crippen LogP contribution < -0.4 is 5.32 Å². The van der Waals surface area contributed by atoms with Gasteiger partial charge in [-0.1, -0.05) is 23.2 Å². The first-order valence-electron chi connectivity index (χ1n) is 9.22. The minimum absolute atomic E-state index is 0.0593. The molecule has 1 spiro atoms. The average Bonchev–Trinajstić information content (AvgIpc) is 2.86. The van der Waals surface area contributed by atoms with Gasteiger partial charge in [-0.3, -0.25) is 4.79 Å². The number of hydrogen-bond acceptors (Lipinski definition) is 5. The zero-order valence-electron chi connectivity index (χ0n) is 16.1. The number of nitrogens with one attached hydrogen (secondary N) is 1. The summed E-state index contributed by atoms with van der Waals surface area (Å²) in [6, 6.07) is 3.28. The summed E-state index contributed by atoms with van der Waals surface area (Å²) >= 11 is 12.5. The summed E-state index contributed by atoms with van der Waals surface area (Å²) in [4.78, 5) is 25.2. The highest BCUT2D eigenvalue weighted by atomic mass is 35.5. The van der Waals surface area contributed by atoms with Crippen molar-refractivity contribution in [3.8, 4) is 0 Å². The minimum Gasteiger partial charge on any atom is -0.434 e. The van der Waals surface area contributed by atoms with Gasteiger partial charge in [0.2, 0.25) is 0 Å². The highest BCUT2D eigenvalue weighted by Crippen LogP contribution is 2.46. The number of ether oxygens (including phenoxy) is 3. The smallest absolute Gasteiger partial charge is 0.434 e. The topological polar surface area (TPSA) is 73.9 Å². The lowest BCUT2D eigenvalue weighted by Crippen LogP contribution is -2.50. The molecule has 1 fully saturated rings. The van der Waals surface area contributed by atoms with Crippen LogP contribution in [0, 0.1) is 6.92 Å². The molecule has 6 nitrogen and oxygen atoms in total. The van der Waals surface area contributed by atoms with Crippen molar-refractivity contribution < 1.29 is 23.8 Å². The largest absolute Gasteiger partial charge is 0.513 e. The van der Waals surface area contributed by atoms with Crippen LogP contribution in [-0.2, 0) is 19.0 Å². The van der Waals surface area contributed by atoms with E-state index in [1.54, 1.807) is 33.1 Å². The fourth-order valence-corrected chi connectivity index (χ4v) is 4.74. The van der Waals surface area contributed by atoms with E-state index in [2.05, 4.69) is 5.32 Å². The first-order chi connectivity index (χ1) is 13.3. The van der Waals surface area contributed by atoms with Gasteiger partial charge >= 0.3 is 6.16 Å². The molecule has 1 heterocycles. The van der Waals surface area contributed by atoms with Gasteiger partial charge in [-0.05, 0) is 50.8 Å². The Bertz CT molecular complexity index is 815. The lowest BCUT2D eigenvalue weighted by atomic mass is 9.78. The van der Waals surface area contributed by atoms with Crippen molar-refractivity contribution in [3.63, 3.8) is 0 Å². The number of amides is 1. The highest BCUT2D eigenvalue weighted by Gasteiger charge is 2.51. The van der Waals surface area contributed by atoms with Crippen molar-refractivity contribution in [2.24, 2.45) is 0 Å². The second kappa shape index (κ2) is 8.31. The molecule has 0 saturated heterocycles. The predicted molar refractivity (Wildman–Crippen MR) is 106 cm³/mol. The van der Waals surface area contributed by atoms with E-state index in [0.717, 1.165) is 12.8 Å². The first kappa shape index (κ1) is 21.0. The molecule has 2 aliphatic rings. The van der Waals surface area contributed by atoms with E-state index in [4.69, 9.17) is 37.4 Å². The molecule has 1 N–H and O–H groups in total. The van der Waals surface area contributed by atoms with Crippen LogP contribution in [0.15, 0.2) is 17.9 Å². The van der Waals surface area contributed by atoms with Crippen LogP contribution in [0.25, 0.3) is 5.57 Å². The molecule has 1 aliphatic carbocycles. The summed E-state index contributed by atoms with van der Waals surface area (Å²) in [5, 5.41) is 3.81. The van der Waals surface area contributed by atoms with Gasteiger partial charge in [0.15, 0.2) is 5.76 Å². The molecule has 3 rings (SSSR count). The maximum atomic E-state index is 13.0. The van der Waals surface area contributed by atoms with Crippen LogP contribution in [0.3, 0.4) is 0 Å². The molecule has 0 bridgehead atoms. The van der Waals surface area contributed by atoms with Crippen LogP contribution in [0.5, 0.6) is 0 Å². The van der Waals surface area contributed by atoms with Gasteiger partial charge in [0.05, 0.1) is 23.3 Å². The number of rotatable bonds is 4. The molecule has 0 aromatic heterocycles. The molecule has 8 heteroatoms. The summed E-state index contributed by atoms with van der Waals surface area (Å²) in [5.41, 5.74) is 0.611. The Balaban J connectivity index is 2.17. The van der Waals surface area contributed by atoms with Crippen LogP contribution >= 0.6 is 23.2 Å². The molecule has 1 aromatic rings. The molecule has 1 aromatic carbocycles. The molecule has 2 unspecified atom stereocenters. The Morgan fingerprint density at radius 1 is 1.36 bits per heavy atom. The Hall–Kier alpha value is -1.76. The molecule has 2 atom stereocenters. The maximum absolute atomic E-state index is 13.0. The molecular weight excluding hydrogens is 405 g/mol. The number of hydrogen-bond donors (Lipinski definition) is 1. The van der Waals surface area contributed by atoms with Gasteiger partial charge in [0, 0.05) is 24.1 Å². The Morgan fingerprint density at radius 3 is 2.75 bits per heavy atom. The molecular formula is C20H23Cl2NO5. The molecule has 28 heavy (non-hydrogen) atoms. The van der Waals surface area contributed by atoms with Crippen molar-refractivity contribution in [1.82, 2.24) is 5.32 Å². The lowest BCUT2D eigenvalue weighted by Gasteiger charge is -2.38.